The molecule has 3 heteroatoms. The van der Waals surface area contributed by atoms with E-state index < -0.39 is 0 Å². The summed E-state index contributed by atoms with van der Waals surface area (Å²) in [5, 5.41) is 4.21. The molecule has 0 spiro atoms. The van der Waals surface area contributed by atoms with Crippen molar-refractivity contribution in [3.63, 3.8) is 0 Å². The zero-order chi connectivity index (χ0) is 15.4. The molecule has 0 bridgehead atoms. The van der Waals surface area contributed by atoms with Crippen LogP contribution in [0.1, 0.15) is 24.9 Å². The molecule has 0 N–H and O–H groups in total. The normalized spacial score (nSPS) is 17.3. The van der Waals surface area contributed by atoms with Crippen LogP contribution in [0.2, 0.25) is 0 Å². The number of hydrogen-bond acceptors (Lipinski definition) is 3. The van der Waals surface area contributed by atoms with Gasteiger partial charge in [-0.25, -0.2) is 5.01 Å². The van der Waals surface area contributed by atoms with Crippen molar-refractivity contribution in [2.24, 2.45) is 0 Å². The Labute approximate surface area is 131 Å². The van der Waals surface area contributed by atoms with Gasteiger partial charge in [-0.05, 0) is 24.6 Å². The first-order valence-corrected chi connectivity index (χ1v) is 7.60. The maximum Gasteiger partial charge on any atom is 0.152 e. The monoisotopic (exact) mass is 292 g/mol. The summed E-state index contributed by atoms with van der Waals surface area (Å²) in [6.07, 6.45) is 4.42. The summed E-state index contributed by atoms with van der Waals surface area (Å²) in [6.45, 7) is 2.55. The molecule has 3 nitrogen and oxygen atoms in total. The summed E-state index contributed by atoms with van der Waals surface area (Å²) in [4.78, 5) is 12.1. The lowest BCUT2D eigenvalue weighted by atomic mass is 10.1. The number of carbonyl (C=O) groups is 1. The fraction of sp³-hybridized carbons (Fsp3) is 0.211. The minimum Gasteiger partial charge on any atom is -0.298 e. The Morgan fingerprint density at radius 2 is 1.59 bits per heavy atom. The average molecular weight is 292 g/mol. The van der Waals surface area contributed by atoms with E-state index in [1.165, 1.54) is 5.56 Å². The molecular formula is C19H20N2O. The Morgan fingerprint density at radius 3 is 2.27 bits per heavy atom. The highest BCUT2D eigenvalue weighted by atomic mass is 16.1. The highest BCUT2D eigenvalue weighted by Crippen LogP contribution is 2.27. The van der Waals surface area contributed by atoms with Gasteiger partial charge >= 0.3 is 0 Å². The highest BCUT2D eigenvalue weighted by Gasteiger charge is 2.25. The first kappa shape index (κ1) is 14.5. The van der Waals surface area contributed by atoms with Gasteiger partial charge in [-0.3, -0.25) is 9.80 Å². The van der Waals surface area contributed by atoms with E-state index in [1.54, 1.807) is 0 Å². The lowest BCUT2D eigenvalue weighted by Crippen LogP contribution is -2.43. The van der Waals surface area contributed by atoms with Crippen LogP contribution in [-0.2, 0) is 4.79 Å². The quantitative estimate of drug-likeness (QED) is 0.855. The Kier molecular flexibility index (Phi) is 4.35. The molecule has 0 amide bonds. The molecule has 2 aromatic carbocycles. The summed E-state index contributed by atoms with van der Waals surface area (Å²) >= 11 is 0. The van der Waals surface area contributed by atoms with E-state index in [0.717, 1.165) is 5.69 Å². The van der Waals surface area contributed by atoms with Gasteiger partial charge in [0.1, 0.15) is 0 Å². The van der Waals surface area contributed by atoms with E-state index in [9.17, 15) is 4.79 Å². The van der Waals surface area contributed by atoms with E-state index in [4.69, 9.17) is 0 Å². The zero-order valence-corrected chi connectivity index (χ0v) is 12.7. The van der Waals surface area contributed by atoms with Gasteiger partial charge in [0.25, 0.3) is 0 Å². The largest absolute Gasteiger partial charge is 0.298 e. The van der Waals surface area contributed by atoms with Crippen molar-refractivity contribution in [2.45, 2.75) is 19.4 Å². The van der Waals surface area contributed by atoms with Crippen LogP contribution in [-0.4, -0.2) is 17.3 Å². The standard InChI is InChI=1S/C19H20N2O/c1-16(17-9-4-2-5-10-17)21-15-19(22)13-8-14-20(21)18-11-6-3-7-12-18/h2-12,14,16H,13,15H2,1H3/t16-/m0/s1. The maximum absolute atomic E-state index is 12.1. The van der Waals surface area contributed by atoms with Gasteiger partial charge in [0.05, 0.1) is 18.3 Å². The molecule has 1 atom stereocenters. The lowest BCUT2D eigenvalue weighted by Gasteiger charge is -2.37. The van der Waals surface area contributed by atoms with Crippen molar-refractivity contribution in [1.82, 2.24) is 5.01 Å². The number of carbonyl (C=O) groups excluding carboxylic acids is 1. The molecule has 0 saturated heterocycles. The topological polar surface area (TPSA) is 23.6 Å². The number of ketones is 1. The third kappa shape index (κ3) is 3.10. The third-order valence-corrected chi connectivity index (χ3v) is 3.96. The van der Waals surface area contributed by atoms with Crippen LogP contribution < -0.4 is 5.01 Å². The van der Waals surface area contributed by atoms with Crippen molar-refractivity contribution in [3.05, 3.63) is 78.5 Å². The highest BCUT2D eigenvalue weighted by molar-refractivity contribution is 5.82. The SMILES string of the molecule is C[C@@H](c1ccccc1)N1CC(=O)CC=CN1c1ccccc1. The molecule has 2 aromatic rings. The van der Waals surface area contributed by atoms with E-state index >= 15 is 0 Å². The van der Waals surface area contributed by atoms with Crippen molar-refractivity contribution in [2.75, 3.05) is 11.6 Å². The molecule has 1 aliphatic heterocycles. The Balaban J connectivity index is 1.96. The molecule has 22 heavy (non-hydrogen) atoms. The van der Waals surface area contributed by atoms with Gasteiger partial charge in [-0.2, -0.15) is 0 Å². The number of para-hydroxylation sites is 1. The number of benzene rings is 2. The van der Waals surface area contributed by atoms with Crippen LogP contribution in [0.15, 0.2) is 72.9 Å². The molecule has 1 heterocycles. The second kappa shape index (κ2) is 6.58. The molecular weight excluding hydrogens is 272 g/mol. The molecule has 0 fully saturated rings. The smallest absolute Gasteiger partial charge is 0.152 e. The van der Waals surface area contributed by atoms with Gasteiger partial charge in [-0.1, -0.05) is 54.6 Å². The van der Waals surface area contributed by atoms with Gasteiger partial charge in [0.2, 0.25) is 0 Å². The molecule has 1 aliphatic rings. The van der Waals surface area contributed by atoms with Gasteiger partial charge in [0, 0.05) is 12.6 Å². The number of allylic oxidation sites excluding steroid dienone is 1. The average Bonchev–Trinajstić information content (AvgIpc) is 2.77. The number of hydrogen-bond donors (Lipinski definition) is 0. The van der Waals surface area contributed by atoms with Gasteiger partial charge < -0.3 is 0 Å². The fourth-order valence-corrected chi connectivity index (χ4v) is 2.73. The summed E-state index contributed by atoms with van der Waals surface area (Å²) in [5.74, 6) is 0.234. The Bertz CT molecular complexity index is 652. The van der Waals surface area contributed by atoms with Crippen LogP contribution >= 0.6 is 0 Å². The Morgan fingerprint density at radius 1 is 0.955 bits per heavy atom. The number of nitrogens with zero attached hydrogens (tertiary/aromatic N) is 2. The van der Waals surface area contributed by atoms with Crippen molar-refractivity contribution in [1.29, 1.82) is 0 Å². The molecule has 0 aliphatic carbocycles. The van der Waals surface area contributed by atoms with Crippen LogP contribution in [0, 0.1) is 0 Å². The number of rotatable bonds is 3. The van der Waals surface area contributed by atoms with Crippen molar-refractivity contribution in [3.8, 4) is 0 Å². The molecule has 3 rings (SSSR count). The van der Waals surface area contributed by atoms with Crippen molar-refractivity contribution >= 4 is 11.5 Å². The Hall–Kier alpha value is -2.39. The van der Waals surface area contributed by atoms with E-state index in [2.05, 4.69) is 41.2 Å². The van der Waals surface area contributed by atoms with Gasteiger partial charge in [0.15, 0.2) is 5.78 Å². The van der Waals surface area contributed by atoms with Crippen LogP contribution in [0.25, 0.3) is 0 Å². The minimum absolute atomic E-state index is 0.119. The van der Waals surface area contributed by atoms with Gasteiger partial charge in [-0.15, -0.1) is 0 Å². The number of anilines is 1. The molecule has 112 valence electrons. The van der Waals surface area contributed by atoms with Crippen LogP contribution in [0.4, 0.5) is 5.69 Å². The second-order valence-electron chi connectivity index (χ2n) is 5.49. The molecule has 0 aromatic heterocycles. The number of hydrazine groups is 1. The first-order valence-electron chi connectivity index (χ1n) is 7.60. The summed E-state index contributed by atoms with van der Waals surface area (Å²) in [6, 6.07) is 20.6. The lowest BCUT2D eigenvalue weighted by molar-refractivity contribution is -0.119. The first-order chi connectivity index (χ1) is 10.8. The molecule has 0 radical (unpaired) electrons. The van der Waals surface area contributed by atoms with Crippen molar-refractivity contribution < 1.29 is 4.79 Å². The summed E-state index contributed by atoms with van der Waals surface area (Å²) < 4.78 is 0. The predicted molar refractivity (Wildman–Crippen MR) is 89.2 cm³/mol. The fourth-order valence-electron chi connectivity index (χ4n) is 2.73. The van der Waals surface area contributed by atoms with Crippen LogP contribution in [0.5, 0.6) is 0 Å². The molecule has 0 unspecified atom stereocenters. The second-order valence-corrected chi connectivity index (χ2v) is 5.49. The number of Topliss-reactive ketones (excluding diaryl/α,β-unsaturated/α-hetero) is 1. The summed E-state index contributed by atoms with van der Waals surface area (Å²) in [5.41, 5.74) is 2.27. The van der Waals surface area contributed by atoms with E-state index in [-0.39, 0.29) is 11.8 Å². The minimum atomic E-state index is 0.119. The van der Waals surface area contributed by atoms with Crippen LogP contribution in [0.3, 0.4) is 0 Å². The van der Waals surface area contributed by atoms with E-state index in [1.807, 2.05) is 48.7 Å². The zero-order valence-electron chi connectivity index (χ0n) is 12.7. The molecule has 0 saturated carbocycles. The maximum atomic E-state index is 12.1. The van der Waals surface area contributed by atoms with E-state index in [0.29, 0.717) is 13.0 Å². The summed E-state index contributed by atoms with van der Waals surface area (Å²) in [7, 11) is 0. The third-order valence-electron chi connectivity index (χ3n) is 3.96. The predicted octanol–water partition coefficient (Wildman–Crippen LogP) is 3.96.